The van der Waals surface area contributed by atoms with Gasteiger partial charge in [0, 0.05) is 25.8 Å². The monoisotopic (exact) mass is 306 g/mol. The molecule has 0 unspecified atom stereocenters. The summed E-state index contributed by atoms with van der Waals surface area (Å²) in [4.78, 5) is 4.29. The minimum Gasteiger partial charge on any atom is -0.378 e. The third-order valence-electron chi connectivity index (χ3n) is 3.78. The lowest BCUT2D eigenvalue weighted by Gasteiger charge is -2.19. The van der Waals surface area contributed by atoms with Gasteiger partial charge in [0.1, 0.15) is 0 Å². The van der Waals surface area contributed by atoms with Gasteiger partial charge in [0.05, 0.1) is 0 Å². The largest absolute Gasteiger partial charge is 0.378 e. The van der Waals surface area contributed by atoms with Crippen LogP contribution in [0.25, 0.3) is 6.08 Å². The molecule has 0 saturated heterocycles. The quantitative estimate of drug-likeness (QED) is 0.748. The summed E-state index contributed by atoms with van der Waals surface area (Å²) in [5.74, 6) is 0. The van der Waals surface area contributed by atoms with Gasteiger partial charge in [-0.25, -0.2) is 0 Å². The van der Waals surface area contributed by atoms with E-state index in [0.717, 1.165) is 0 Å². The lowest BCUT2D eigenvalue weighted by molar-refractivity contribution is 0.390. The molecular weight excluding hydrogens is 280 g/mol. The average Bonchev–Trinajstić information content (AvgIpc) is 2.55. The van der Waals surface area contributed by atoms with E-state index < -0.39 is 0 Å². The molecule has 0 aliphatic heterocycles. The van der Waals surface area contributed by atoms with Crippen LogP contribution in [0, 0.1) is 0 Å². The second-order valence-electron chi connectivity index (χ2n) is 6.07. The van der Waals surface area contributed by atoms with Crippen molar-refractivity contribution in [3.8, 4) is 0 Å². The number of allylic oxidation sites excluding steroid dienone is 7. The first kappa shape index (κ1) is 17.0. The van der Waals surface area contributed by atoms with Crippen LogP contribution >= 0.6 is 0 Å². The summed E-state index contributed by atoms with van der Waals surface area (Å²) in [6, 6.07) is 8.92. The van der Waals surface area contributed by atoms with E-state index in [0.29, 0.717) is 6.04 Å². The number of nitrogens with zero attached hydrogens (tertiary/aromatic N) is 2. The summed E-state index contributed by atoms with van der Waals surface area (Å²) in [5, 5.41) is 0. The molecule has 1 aromatic carbocycles. The summed E-state index contributed by atoms with van der Waals surface area (Å²) in [6.45, 7) is 0. The molecule has 1 aliphatic carbocycles. The molecule has 0 fully saturated rings. The molecule has 2 heteroatoms. The van der Waals surface area contributed by atoms with E-state index in [1.807, 2.05) is 0 Å². The Labute approximate surface area is 140 Å². The molecule has 0 spiro atoms. The highest BCUT2D eigenvalue weighted by Crippen LogP contribution is 2.13. The molecular formula is C21H26N2. The fourth-order valence-electron chi connectivity index (χ4n) is 2.28. The van der Waals surface area contributed by atoms with Crippen molar-refractivity contribution in [1.82, 2.24) is 4.90 Å². The van der Waals surface area contributed by atoms with Crippen molar-refractivity contribution in [2.45, 2.75) is 6.04 Å². The van der Waals surface area contributed by atoms with Crippen LogP contribution in [-0.2, 0) is 0 Å². The lowest BCUT2D eigenvalue weighted by atomic mass is 10.1. The molecule has 0 saturated carbocycles. The Hall–Kier alpha value is -2.32. The topological polar surface area (TPSA) is 6.48 Å². The maximum absolute atomic E-state index is 2.21. The maximum atomic E-state index is 2.21. The van der Waals surface area contributed by atoms with Crippen LogP contribution < -0.4 is 4.90 Å². The van der Waals surface area contributed by atoms with Crippen LogP contribution in [0.3, 0.4) is 0 Å². The van der Waals surface area contributed by atoms with Gasteiger partial charge in [-0.05, 0) is 37.4 Å². The Bertz CT molecular complexity index is 625. The lowest BCUT2D eigenvalue weighted by Crippen LogP contribution is -2.24. The summed E-state index contributed by atoms with van der Waals surface area (Å²) in [7, 11) is 8.28. The Balaban J connectivity index is 1.88. The second kappa shape index (κ2) is 8.35. The number of rotatable bonds is 5. The molecule has 1 aromatic rings. The van der Waals surface area contributed by atoms with Crippen molar-refractivity contribution in [3.05, 3.63) is 84.0 Å². The summed E-state index contributed by atoms with van der Waals surface area (Å²) in [6.07, 6.45) is 19.2. The molecule has 2 rings (SSSR count). The first-order valence-electron chi connectivity index (χ1n) is 7.91. The second-order valence-corrected chi connectivity index (χ2v) is 6.07. The minimum atomic E-state index is 0.404. The highest BCUT2D eigenvalue weighted by Gasteiger charge is 2.05. The zero-order valence-electron chi connectivity index (χ0n) is 14.5. The van der Waals surface area contributed by atoms with Crippen molar-refractivity contribution in [1.29, 1.82) is 0 Å². The van der Waals surface area contributed by atoms with Crippen molar-refractivity contribution < 1.29 is 0 Å². The number of hydrogen-bond acceptors (Lipinski definition) is 2. The molecule has 120 valence electrons. The van der Waals surface area contributed by atoms with Crippen LogP contribution in [0.5, 0.6) is 0 Å². The molecule has 0 aromatic heterocycles. The Morgan fingerprint density at radius 3 is 2.04 bits per heavy atom. The van der Waals surface area contributed by atoms with Crippen LogP contribution in [0.2, 0.25) is 0 Å². The zero-order chi connectivity index (χ0) is 16.7. The van der Waals surface area contributed by atoms with Gasteiger partial charge < -0.3 is 4.90 Å². The average molecular weight is 306 g/mol. The summed E-state index contributed by atoms with van der Waals surface area (Å²) in [5.41, 5.74) is 3.65. The van der Waals surface area contributed by atoms with E-state index in [2.05, 4.69) is 117 Å². The van der Waals surface area contributed by atoms with Crippen LogP contribution in [-0.4, -0.2) is 39.1 Å². The molecule has 0 heterocycles. The van der Waals surface area contributed by atoms with Gasteiger partial charge in [0.25, 0.3) is 0 Å². The number of benzene rings is 1. The van der Waals surface area contributed by atoms with Crippen molar-refractivity contribution in [3.63, 3.8) is 0 Å². The highest BCUT2D eigenvalue weighted by molar-refractivity contribution is 5.56. The normalized spacial score (nSPS) is 17.6. The molecule has 0 amide bonds. The Morgan fingerprint density at radius 2 is 1.48 bits per heavy atom. The summed E-state index contributed by atoms with van der Waals surface area (Å²) >= 11 is 0. The van der Waals surface area contributed by atoms with E-state index in [-0.39, 0.29) is 0 Å². The fourth-order valence-corrected chi connectivity index (χ4v) is 2.28. The predicted molar refractivity (Wildman–Crippen MR) is 103 cm³/mol. The SMILES string of the molecule is CN(C)c1ccc(/C=C/C=C/C=C2C=CC(N(C)C)C=C2)cc1. The molecule has 0 N–H and O–H groups in total. The Morgan fingerprint density at radius 1 is 0.826 bits per heavy atom. The molecule has 2 nitrogen and oxygen atoms in total. The maximum Gasteiger partial charge on any atom is 0.0462 e. The van der Waals surface area contributed by atoms with Gasteiger partial charge in [-0.15, -0.1) is 0 Å². The van der Waals surface area contributed by atoms with Gasteiger partial charge in [0.2, 0.25) is 0 Å². The third-order valence-corrected chi connectivity index (χ3v) is 3.78. The number of likely N-dealkylation sites (N-methyl/N-ethyl adjacent to an activating group) is 1. The number of anilines is 1. The third kappa shape index (κ3) is 5.42. The fraction of sp³-hybridized carbons (Fsp3) is 0.238. The molecule has 23 heavy (non-hydrogen) atoms. The van der Waals surface area contributed by atoms with E-state index in [4.69, 9.17) is 0 Å². The van der Waals surface area contributed by atoms with Crippen LogP contribution in [0.15, 0.2) is 78.4 Å². The van der Waals surface area contributed by atoms with E-state index in [1.165, 1.54) is 16.8 Å². The molecule has 1 aliphatic rings. The Kier molecular flexibility index (Phi) is 6.19. The minimum absolute atomic E-state index is 0.404. The van der Waals surface area contributed by atoms with Gasteiger partial charge in [-0.3, -0.25) is 4.90 Å². The van der Waals surface area contributed by atoms with E-state index in [1.54, 1.807) is 0 Å². The summed E-state index contributed by atoms with van der Waals surface area (Å²) < 4.78 is 0. The van der Waals surface area contributed by atoms with Gasteiger partial charge in [0.15, 0.2) is 0 Å². The first-order valence-corrected chi connectivity index (χ1v) is 7.91. The molecule has 0 bridgehead atoms. The van der Waals surface area contributed by atoms with E-state index in [9.17, 15) is 0 Å². The van der Waals surface area contributed by atoms with Crippen LogP contribution in [0.4, 0.5) is 5.69 Å². The van der Waals surface area contributed by atoms with Gasteiger partial charge >= 0.3 is 0 Å². The predicted octanol–water partition coefficient (Wildman–Crippen LogP) is 4.30. The zero-order valence-corrected chi connectivity index (χ0v) is 14.5. The first-order chi connectivity index (χ1) is 11.1. The molecule has 0 atom stereocenters. The van der Waals surface area contributed by atoms with E-state index >= 15 is 0 Å². The smallest absolute Gasteiger partial charge is 0.0462 e. The van der Waals surface area contributed by atoms with Gasteiger partial charge in [-0.1, -0.05) is 66.8 Å². The van der Waals surface area contributed by atoms with Gasteiger partial charge in [-0.2, -0.15) is 0 Å². The van der Waals surface area contributed by atoms with Crippen molar-refractivity contribution in [2.24, 2.45) is 0 Å². The highest BCUT2D eigenvalue weighted by atomic mass is 15.1. The standard InChI is InChI=1S/C21H26N2/c1-22(2)20-14-10-18(11-15-20)8-6-5-7-9-19-12-16-21(17-13-19)23(3)4/h5-17,20H,1-4H3/b6-5+,9-7+,18-8?. The molecule has 0 radical (unpaired) electrons. The van der Waals surface area contributed by atoms with Crippen LogP contribution in [0.1, 0.15) is 5.56 Å². The van der Waals surface area contributed by atoms with Crippen molar-refractivity contribution in [2.75, 3.05) is 33.1 Å². The number of hydrogen-bond donors (Lipinski definition) is 0. The van der Waals surface area contributed by atoms with Crippen molar-refractivity contribution >= 4 is 11.8 Å².